The molecule has 0 aliphatic heterocycles. The summed E-state index contributed by atoms with van der Waals surface area (Å²) in [5.74, 6) is 3.49. The van der Waals surface area contributed by atoms with Gasteiger partial charge in [-0.2, -0.15) is 0 Å². The lowest BCUT2D eigenvalue weighted by atomic mass is 9.73. The van der Waals surface area contributed by atoms with Crippen LogP contribution in [0.1, 0.15) is 129 Å². The maximum Gasteiger partial charge on any atom is 0.137 e. The number of Topliss-reactive ketones (excluding diaryl/α,β-unsaturated/α-hetero) is 1. The van der Waals surface area contributed by atoms with Crippen LogP contribution < -0.4 is 0 Å². The number of carbonyl (C=O) groups is 1. The molecule has 3 rings (SSSR count). The monoisotopic (exact) mass is 372 g/mol. The lowest BCUT2D eigenvalue weighted by Crippen LogP contribution is -2.19. The second kappa shape index (κ2) is 11.4. The minimum Gasteiger partial charge on any atom is -0.299 e. The van der Waals surface area contributed by atoms with Gasteiger partial charge >= 0.3 is 0 Å². The van der Waals surface area contributed by atoms with Gasteiger partial charge in [0.1, 0.15) is 5.78 Å². The van der Waals surface area contributed by atoms with Gasteiger partial charge in [0.05, 0.1) is 0 Å². The van der Waals surface area contributed by atoms with Gasteiger partial charge in [-0.25, -0.2) is 0 Å². The van der Waals surface area contributed by atoms with E-state index in [1.54, 1.807) is 5.57 Å². The summed E-state index contributed by atoms with van der Waals surface area (Å²) in [5.41, 5.74) is 3.23. The highest BCUT2D eigenvalue weighted by atomic mass is 16.1. The first kappa shape index (κ1) is 21.1. The topological polar surface area (TPSA) is 17.1 Å². The number of carbonyl (C=O) groups excluding carboxylic acids is 1. The third-order valence-electron chi connectivity index (χ3n) is 7.92. The Morgan fingerprint density at radius 1 is 0.667 bits per heavy atom. The highest BCUT2D eigenvalue weighted by Crippen LogP contribution is 2.41. The number of hydrogen-bond donors (Lipinski definition) is 0. The van der Waals surface area contributed by atoms with Crippen molar-refractivity contribution in [1.29, 1.82) is 0 Å². The molecule has 1 saturated carbocycles. The Morgan fingerprint density at radius 2 is 1.33 bits per heavy atom. The smallest absolute Gasteiger partial charge is 0.137 e. The van der Waals surface area contributed by atoms with E-state index in [-0.39, 0.29) is 0 Å². The van der Waals surface area contributed by atoms with Crippen LogP contribution in [0.25, 0.3) is 0 Å². The maximum atomic E-state index is 11.6. The van der Waals surface area contributed by atoms with Gasteiger partial charge in [0, 0.05) is 12.8 Å². The van der Waals surface area contributed by atoms with Crippen LogP contribution in [0.15, 0.2) is 11.1 Å². The second-order valence-corrected chi connectivity index (χ2v) is 10.1. The minimum atomic E-state index is 0.491. The Balaban J connectivity index is 1.25. The lowest BCUT2D eigenvalue weighted by molar-refractivity contribution is -0.118. The standard InChI is InChI=1S/C26H44O/c1-2-3-4-5-6-7-8-21-9-11-22(12-10-21)13-14-23-15-16-25-20-26(27)18-17-24(25)19-23/h21-23H,2-20H2,1H3. The molecule has 0 bridgehead atoms. The average Bonchev–Trinajstić information content (AvgIpc) is 2.70. The Hall–Kier alpha value is -0.590. The Morgan fingerprint density at radius 3 is 2.11 bits per heavy atom. The molecule has 3 aliphatic rings. The van der Waals surface area contributed by atoms with Crippen molar-refractivity contribution in [2.45, 2.75) is 129 Å². The maximum absolute atomic E-state index is 11.6. The van der Waals surface area contributed by atoms with Crippen molar-refractivity contribution in [3.05, 3.63) is 11.1 Å². The molecule has 27 heavy (non-hydrogen) atoms. The molecule has 0 saturated heterocycles. The summed E-state index contributed by atoms with van der Waals surface area (Å²) < 4.78 is 0. The first-order chi connectivity index (χ1) is 13.2. The van der Waals surface area contributed by atoms with Crippen LogP contribution >= 0.6 is 0 Å². The highest BCUT2D eigenvalue weighted by molar-refractivity contribution is 5.82. The van der Waals surface area contributed by atoms with Crippen LogP contribution in [0.2, 0.25) is 0 Å². The highest BCUT2D eigenvalue weighted by Gasteiger charge is 2.27. The van der Waals surface area contributed by atoms with Gasteiger partial charge in [0.25, 0.3) is 0 Å². The molecule has 1 atom stereocenters. The molecule has 154 valence electrons. The van der Waals surface area contributed by atoms with Crippen LogP contribution in [0.5, 0.6) is 0 Å². The van der Waals surface area contributed by atoms with Crippen LogP contribution in [-0.2, 0) is 4.79 Å². The predicted octanol–water partition coefficient (Wildman–Crippen LogP) is 8.17. The summed E-state index contributed by atoms with van der Waals surface area (Å²) in [5, 5.41) is 0. The molecular formula is C26H44O. The Labute approximate surface area is 168 Å². The SMILES string of the molecule is CCCCCCCCC1CCC(CCC2CCC3=C(CCC(=O)C3)C2)CC1. The summed E-state index contributed by atoms with van der Waals surface area (Å²) in [6.07, 6.45) is 25.8. The largest absolute Gasteiger partial charge is 0.299 e. The third-order valence-corrected chi connectivity index (χ3v) is 7.92. The van der Waals surface area contributed by atoms with Gasteiger partial charge in [0.15, 0.2) is 0 Å². The summed E-state index contributed by atoms with van der Waals surface area (Å²) in [6.45, 7) is 2.30. The zero-order chi connectivity index (χ0) is 18.9. The summed E-state index contributed by atoms with van der Waals surface area (Å²) in [4.78, 5) is 11.6. The van der Waals surface area contributed by atoms with Gasteiger partial charge in [-0.05, 0) is 49.9 Å². The van der Waals surface area contributed by atoms with Crippen molar-refractivity contribution in [3.63, 3.8) is 0 Å². The number of unbranched alkanes of at least 4 members (excludes halogenated alkanes) is 5. The van der Waals surface area contributed by atoms with Gasteiger partial charge in [0.2, 0.25) is 0 Å². The average molecular weight is 373 g/mol. The molecule has 0 radical (unpaired) electrons. The van der Waals surface area contributed by atoms with Crippen molar-refractivity contribution in [1.82, 2.24) is 0 Å². The molecule has 1 nitrogen and oxygen atoms in total. The normalized spacial score (nSPS) is 29.1. The van der Waals surface area contributed by atoms with Gasteiger partial charge < -0.3 is 0 Å². The molecule has 0 N–H and O–H groups in total. The Kier molecular flexibility index (Phi) is 8.94. The molecule has 0 amide bonds. The summed E-state index contributed by atoms with van der Waals surface area (Å²) in [6, 6.07) is 0. The zero-order valence-corrected chi connectivity index (χ0v) is 18.1. The van der Waals surface area contributed by atoms with Crippen LogP contribution in [0.3, 0.4) is 0 Å². The van der Waals surface area contributed by atoms with Crippen LogP contribution in [-0.4, -0.2) is 5.78 Å². The van der Waals surface area contributed by atoms with Crippen LogP contribution in [0.4, 0.5) is 0 Å². The fraction of sp³-hybridized carbons (Fsp3) is 0.885. The minimum absolute atomic E-state index is 0.491. The van der Waals surface area contributed by atoms with Gasteiger partial charge in [-0.3, -0.25) is 4.79 Å². The molecule has 0 aromatic carbocycles. The molecule has 0 heterocycles. The fourth-order valence-corrected chi connectivity index (χ4v) is 6.00. The third kappa shape index (κ3) is 7.06. The van der Waals surface area contributed by atoms with E-state index < -0.39 is 0 Å². The molecule has 0 spiro atoms. The van der Waals surface area contributed by atoms with E-state index in [2.05, 4.69) is 6.92 Å². The predicted molar refractivity (Wildman–Crippen MR) is 116 cm³/mol. The van der Waals surface area contributed by atoms with E-state index in [9.17, 15) is 4.79 Å². The van der Waals surface area contributed by atoms with E-state index >= 15 is 0 Å². The summed E-state index contributed by atoms with van der Waals surface area (Å²) >= 11 is 0. The van der Waals surface area contributed by atoms with E-state index in [0.717, 1.165) is 37.0 Å². The van der Waals surface area contributed by atoms with E-state index in [4.69, 9.17) is 0 Å². The van der Waals surface area contributed by atoms with Crippen molar-refractivity contribution in [2.24, 2.45) is 17.8 Å². The quantitative estimate of drug-likeness (QED) is 0.279. The molecule has 0 aromatic rings. The fourth-order valence-electron chi connectivity index (χ4n) is 6.00. The number of allylic oxidation sites excluding steroid dienone is 2. The Bertz CT molecular complexity index is 480. The molecule has 3 aliphatic carbocycles. The number of ketones is 1. The zero-order valence-electron chi connectivity index (χ0n) is 18.1. The number of hydrogen-bond acceptors (Lipinski definition) is 1. The van der Waals surface area contributed by atoms with Crippen molar-refractivity contribution < 1.29 is 4.79 Å². The van der Waals surface area contributed by atoms with Crippen molar-refractivity contribution in [2.75, 3.05) is 0 Å². The molecule has 1 unspecified atom stereocenters. The van der Waals surface area contributed by atoms with Gasteiger partial charge in [-0.15, -0.1) is 0 Å². The first-order valence-electron chi connectivity index (χ1n) is 12.5. The number of rotatable bonds is 10. The second-order valence-electron chi connectivity index (χ2n) is 10.1. The lowest BCUT2D eigenvalue weighted by Gasteiger charge is -2.32. The molecular weight excluding hydrogens is 328 g/mol. The van der Waals surface area contributed by atoms with Crippen molar-refractivity contribution >= 4 is 5.78 Å². The van der Waals surface area contributed by atoms with Crippen LogP contribution in [0, 0.1) is 17.8 Å². The van der Waals surface area contributed by atoms with Crippen molar-refractivity contribution in [3.8, 4) is 0 Å². The van der Waals surface area contributed by atoms with E-state index in [1.165, 1.54) is 108 Å². The first-order valence-corrected chi connectivity index (χ1v) is 12.5. The molecule has 1 fully saturated rings. The van der Waals surface area contributed by atoms with E-state index in [0.29, 0.717) is 5.78 Å². The van der Waals surface area contributed by atoms with Gasteiger partial charge in [-0.1, -0.05) is 95.1 Å². The molecule has 1 heteroatoms. The van der Waals surface area contributed by atoms with E-state index in [1.807, 2.05) is 0 Å². The summed E-state index contributed by atoms with van der Waals surface area (Å²) in [7, 11) is 0. The molecule has 0 aromatic heterocycles.